The molecule has 0 spiro atoms. The summed E-state index contributed by atoms with van der Waals surface area (Å²) in [6.45, 7) is 2.14. The molecule has 0 aliphatic heterocycles. The molecule has 0 saturated carbocycles. The fraction of sp³-hybridized carbons (Fsp3) is 0.143. The van der Waals surface area contributed by atoms with Crippen molar-refractivity contribution in [2.45, 2.75) is 19.6 Å². The van der Waals surface area contributed by atoms with Crippen LogP contribution in [0, 0.1) is 12.7 Å². The van der Waals surface area contributed by atoms with Crippen molar-refractivity contribution in [3.63, 3.8) is 0 Å². The molecule has 0 aliphatic rings. The molecule has 0 fully saturated rings. The maximum absolute atomic E-state index is 13.0. The van der Waals surface area contributed by atoms with Crippen molar-refractivity contribution in [2.24, 2.45) is 0 Å². The van der Waals surface area contributed by atoms with Crippen LogP contribution in [0.2, 0.25) is 0 Å². The van der Waals surface area contributed by atoms with Crippen molar-refractivity contribution in [1.29, 1.82) is 0 Å². The zero-order chi connectivity index (χ0) is 19.2. The minimum Gasteiger partial charge on any atom is -0.443 e. The number of amides is 1. The van der Waals surface area contributed by atoms with Gasteiger partial charge in [-0.05, 0) is 36.1 Å². The van der Waals surface area contributed by atoms with Gasteiger partial charge >= 0.3 is 5.97 Å². The highest BCUT2D eigenvalue weighted by molar-refractivity contribution is 7.11. The van der Waals surface area contributed by atoms with E-state index in [2.05, 4.69) is 5.32 Å². The third kappa shape index (κ3) is 5.01. The summed E-state index contributed by atoms with van der Waals surface area (Å²) in [6.07, 6.45) is -1.07. The van der Waals surface area contributed by atoms with E-state index in [4.69, 9.17) is 4.74 Å². The molecule has 0 radical (unpaired) electrons. The predicted molar refractivity (Wildman–Crippen MR) is 102 cm³/mol. The van der Waals surface area contributed by atoms with E-state index >= 15 is 0 Å². The number of carbonyl (C=O) groups excluding carboxylic acids is 2. The summed E-state index contributed by atoms with van der Waals surface area (Å²) in [6, 6.07) is 16.5. The predicted octanol–water partition coefficient (Wildman–Crippen LogP) is 4.41. The van der Waals surface area contributed by atoms with Crippen LogP contribution in [0.5, 0.6) is 0 Å². The number of nitrogens with one attached hydrogen (secondary N) is 1. The van der Waals surface area contributed by atoms with Crippen LogP contribution in [0.15, 0.2) is 66.0 Å². The molecule has 4 nitrogen and oxygen atoms in total. The van der Waals surface area contributed by atoms with Gasteiger partial charge in [-0.15, -0.1) is 11.3 Å². The average molecular weight is 383 g/mol. The van der Waals surface area contributed by atoms with Crippen LogP contribution in [0.1, 0.15) is 32.5 Å². The largest absolute Gasteiger partial charge is 0.443 e. The second-order valence-corrected chi connectivity index (χ2v) is 6.97. The number of aryl methyl sites for hydroxylation is 1. The Balaban J connectivity index is 1.75. The number of carbonyl (C=O) groups is 2. The Morgan fingerprint density at radius 3 is 2.41 bits per heavy atom. The SMILES string of the molecule is Cc1ccc([C@H](OC(=O)c2cccs2)C(=O)NCc2ccc(F)cc2)cc1. The number of halogens is 1. The van der Waals surface area contributed by atoms with Crippen molar-refractivity contribution in [3.8, 4) is 0 Å². The lowest BCUT2D eigenvalue weighted by atomic mass is 10.1. The topological polar surface area (TPSA) is 55.4 Å². The molecule has 1 aromatic heterocycles. The number of benzene rings is 2. The molecule has 27 heavy (non-hydrogen) atoms. The van der Waals surface area contributed by atoms with E-state index in [0.29, 0.717) is 10.4 Å². The average Bonchev–Trinajstić information content (AvgIpc) is 3.21. The summed E-state index contributed by atoms with van der Waals surface area (Å²) in [5, 5.41) is 4.52. The Morgan fingerprint density at radius 2 is 1.78 bits per heavy atom. The van der Waals surface area contributed by atoms with Crippen molar-refractivity contribution < 1.29 is 18.7 Å². The van der Waals surface area contributed by atoms with E-state index in [1.54, 1.807) is 41.8 Å². The van der Waals surface area contributed by atoms with Gasteiger partial charge in [0, 0.05) is 12.1 Å². The van der Waals surface area contributed by atoms with Gasteiger partial charge < -0.3 is 10.1 Å². The van der Waals surface area contributed by atoms with Crippen LogP contribution < -0.4 is 5.32 Å². The molecule has 3 rings (SSSR count). The van der Waals surface area contributed by atoms with Gasteiger partial charge in [0.15, 0.2) is 0 Å². The molecule has 0 unspecified atom stereocenters. The molecule has 6 heteroatoms. The van der Waals surface area contributed by atoms with E-state index in [1.165, 1.54) is 23.5 Å². The maximum atomic E-state index is 13.0. The number of thiophene rings is 1. The van der Waals surface area contributed by atoms with Crippen molar-refractivity contribution in [3.05, 3.63) is 93.4 Å². The summed E-state index contributed by atoms with van der Waals surface area (Å²) in [5.74, 6) is -1.33. The standard InChI is InChI=1S/C21H18FNO3S/c1-14-4-8-16(9-5-14)19(26-21(25)18-3-2-12-27-18)20(24)23-13-15-6-10-17(22)11-7-15/h2-12,19H,13H2,1H3,(H,23,24)/t19-/m0/s1. The van der Waals surface area contributed by atoms with Gasteiger partial charge in [-0.25, -0.2) is 9.18 Å². The first-order valence-electron chi connectivity index (χ1n) is 8.36. The van der Waals surface area contributed by atoms with Crippen LogP contribution >= 0.6 is 11.3 Å². The third-order valence-corrected chi connectivity index (χ3v) is 4.80. The molecular weight excluding hydrogens is 365 g/mol. The first kappa shape index (κ1) is 18.8. The fourth-order valence-electron chi connectivity index (χ4n) is 2.46. The molecule has 2 aromatic carbocycles. The van der Waals surface area contributed by atoms with Gasteiger partial charge in [0.2, 0.25) is 6.10 Å². The minimum atomic E-state index is -1.07. The summed E-state index contributed by atoms with van der Waals surface area (Å²) in [5.41, 5.74) is 2.37. The van der Waals surface area contributed by atoms with Crippen molar-refractivity contribution >= 4 is 23.2 Å². The van der Waals surface area contributed by atoms with Crippen molar-refractivity contribution in [1.82, 2.24) is 5.32 Å². The number of rotatable bonds is 6. The van der Waals surface area contributed by atoms with Gasteiger partial charge in [-0.1, -0.05) is 48.0 Å². The molecule has 0 aliphatic carbocycles. The molecule has 1 N–H and O–H groups in total. The smallest absolute Gasteiger partial charge is 0.349 e. The Hall–Kier alpha value is -2.99. The third-order valence-electron chi connectivity index (χ3n) is 3.95. The highest BCUT2D eigenvalue weighted by atomic mass is 32.1. The molecule has 1 atom stereocenters. The Morgan fingerprint density at radius 1 is 1.07 bits per heavy atom. The summed E-state index contributed by atoms with van der Waals surface area (Å²) in [7, 11) is 0. The normalized spacial score (nSPS) is 11.6. The zero-order valence-electron chi connectivity index (χ0n) is 14.6. The van der Waals surface area contributed by atoms with Gasteiger partial charge in [-0.3, -0.25) is 4.79 Å². The van der Waals surface area contributed by atoms with E-state index in [9.17, 15) is 14.0 Å². The second kappa shape index (κ2) is 8.60. The maximum Gasteiger partial charge on any atom is 0.349 e. The first-order chi connectivity index (χ1) is 13.0. The second-order valence-electron chi connectivity index (χ2n) is 6.02. The first-order valence-corrected chi connectivity index (χ1v) is 9.24. The molecule has 3 aromatic rings. The Kier molecular flexibility index (Phi) is 5.98. The lowest BCUT2D eigenvalue weighted by Gasteiger charge is -2.18. The molecule has 138 valence electrons. The van der Waals surface area contributed by atoms with Crippen LogP contribution in [-0.4, -0.2) is 11.9 Å². The molecule has 1 heterocycles. The summed E-state index contributed by atoms with van der Waals surface area (Å²) >= 11 is 1.25. The molecule has 1 amide bonds. The van der Waals surface area contributed by atoms with Crippen molar-refractivity contribution in [2.75, 3.05) is 0 Å². The van der Waals surface area contributed by atoms with Crippen LogP contribution in [0.3, 0.4) is 0 Å². The lowest BCUT2D eigenvalue weighted by molar-refractivity contribution is -0.130. The molecular formula is C21H18FNO3S. The number of ether oxygens (including phenoxy) is 1. The Bertz CT molecular complexity index is 906. The number of esters is 1. The van der Waals surface area contributed by atoms with Gasteiger partial charge in [0.05, 0.1) is 0 Å². The molecule has 0 bridgehead atoms. The number of hydrogen-bond acceptors (Lipinski definition) is 4. The summed E-state index contributed by atoms with van der Waals surface area (Å²) < 4.78 is 18.5. The minimum absolute atomic E-state index is 0.206. The fourth-order valence-corrected chi connectivity index (χ4v) is 3.06. The van der Waals surface area contributed by atoms with E-state index in [-0.39, 0.29) is 12.4 Å². The monoisotopic (exact) mass is 383 g/mol. The van der Waals surface area contributed by atoms with Crippen LogP contribution in [-0.2, 0) is 16.1 Å². The van der Waals surface area contributed by atoms with E-state index in [1.807, 2.05) is 19.1 Å². The van der Waals surface area contributed by atoms with Crippen LogP contribution in [0.25, 0.3) is 0 Å². The van der Waals surface area contributed by atoms with E-state index in [0.717, 1.165) is 11.1 Å². The lowest BCUT2D eigenvalue weighted by Crippen LogP contribution is -2.31. The van der Waals surface area contributed by atoms with Crippen LogP contribution in [0.4, 0.5) is 4.39 Å². The number of hydrogen-bond donors (Lipinski definition) is 1. The summed E-state index contributed by atoms with van der Waals surface area (Å²) in [4.78, 5) is 25.5. The van der Waals surface area contributed by atoms with Gasteiger partial charge in [-0.2, -0.15) is 0 Å². The Labute approximate surface area is 160 Å². The highest BCUT2D eigenvalue weighted by Crippen LogP contribution is 2.22. The zero-order valence-corrected chi connectivity index (χ0v) is 15.5. The molecule has 0 saturated heterocycles. The highest BCUT2D eigenvalue weighted by Gasteiger charge is 2.26. The quantitative estimate of drug-likeness (QED) is 0.642. The van der Waals surface area contributed by atoms with E-state index < -0.39 is 18.0 Å². The van der Waals surface area contributed by atoms with Gasteiger partial charge in [0.1, 0.15) is 10.7 Å². The van der Waals surface area contributed by atoms with Gasteiger partial charge in [0.25, 0.3) is 5.91 Å².